The van der Waals surface area contributed by atoms with E-state index in [9.17, 15) is 13.6 Å². The predicted octanol–water partition coefficient (Wildman–Crippen LogP) is 3.46. The van der Waals surface area contributed by atoms with E-state index in [-0.39, 0.29) is 22.1 Å². The van der Waals surface area contributed by atoms with Gasteiger partial charge >= 0.3 is 5.97 Å². The van der Waals surface area contributed by atoms with Gasteiger partial charge in [-0.2, -0.15) is 0 Å². The highest BCUT2D eigenvalue weighted by Gasteiger charge is 2.09. The second kappa shape index (κ2) is 5.19. The van der Waals surface area contributed by atoms with Crippen LogP contribution in [0.4, 0.5) is 20.3 Å². The minimum atomic E-state index is -1.17. The van der Waals surface area contributed by atoms with Gasteiger partial charge in [0.05, 0.1) is 10.6 Å². The lowest BCUT2D eigenvalue weighted by Gasteiger charge is -2.08. The van der Waals surface area contributed by atoms with Gasteiger partial charge < -0.3 is 10.4 Å². The molecular weight excluding hydrogens is 278 g/mol. The molecule has 2 N–H and O–H groups in total. The van der Waals surface area contributed by atoms with Crippen LogP contribution in [0.3, 0.4) is 0 Å². The number of nitrogens with zero attached hydrogens (tertiary/aromatic N) is 1. The molecule has 0 saturated heterocycles. The summed E-state index contributed by atoms with van der Waals surface area (Å²) in [7, 11) is 0. The minimum Gasteiger partial charge on any atom is -0.478 e. The first-order valence-electron chi connectivity index (χ1n) is 5.07. The fourth-order valence-corrected chi connectivity index (χ4v) is 1.62. The zero-order valence-electron chi connectivity index (χ0n) is 9.32. The SMILES string of the molecule is O=C(O)c1cnc(Nc2cc(F)cc(F)c2)c(Cl)c1. The van der Waals surface area contributed by atoms with E-state index in [0.717, 1.165) is 24.4 Å². The zero-order valence-corrected chi connectivity index (χ0v) is 10.1. The van der Waals surface area contributed by atoms with Gasteiger partial charge in [0.2, 0.25) is 0 Å². The van der Waals surface area contributed by atoms with Crippen LogP contribution in [0.5, 0.6) is 0 Å². The second-order valence-electron chi connectivity index (χ2n) is 3.64. The van der Waals surface area contributed by atoms with Crippen LogP contribution in [-0.2, 0) is 0 Å². The molecule has 0 bridgehead atoms. The summed E-state index contributed by atoms with van der Waals surface area (Å²) in [4.78, 5) is 14.5. The normalized spacial score (nSPS) is 10.3. The topological polar surface area (TPSA) is 62.2 Å². The lowest BCUT2D eigenvalue weighted by Crippen LogP contribution is -2.01. The average molecular weight is 285 g/mol. The van der Waals surface area contributed by atoms with Crippen molar-refractivity contribution in [3.8, 4) is 0 Å². The molecule has 0 unspecified atom stereocenters. The van der Waals surface area contributed by atoms with Crippen LogP contribution in [0.2, 0.25) is 5.02 Å². The molecule has 1 aromatic carbocycles. The molecule has 1 heterocycles. The van der Waals surface area contributed by atoms with E-state index in [1.54, 1.807) is 0 Å². The Morgan fingerprint density at radius 3 is 2.37 bits per heavy atom. The van der Waals surface area contributed by atoms with Gasteiger partial charge in [-0.05, 0) is 18.2 Å². The zero-order chi connectivity index (χ0) is 14.0. The Bertz CT molecular complexity index is 629. The summed E-state index contributed by atoms with van der Waals surface area (Å²) in [6.07, 6.45) is 1.09. The van der Waals surface area contributed by atoms with Crippen molar-refractivity contribution in [2.75, 3.05) is 5.32 Å². The molecule has 0 atom stereocenters. The van der Waals surface area contributed by atoms with Crippen molar-refractivity contribution >= 4 is 29.1 Å². The minimum absolute atomic E-state index is 0.0320. The molecule has 0 saturated carbocycles. The summed E-state index contributed by atoms with van der Waals surface area (Å²) < 4.78 is 26.0. The molecule has 7 heteroatoms. The standard InChI is InChI=1S/C12H7ClF2N2O2/c13-10-1-6(12(18)19)5-16-11(10)17-9-3-7(14)2-8(15)4-9/h1-5H,(H,16,17)(H,18,19). The van der Waals surface area contributed by atoms with E-state index in [2.05, 4.69) is 10.3 Å². The molecule has 0 radical (unpaired) electrons. The molecule has 98 valence electrons. The Labute approximate surface area is 111 Å². The maximum atomic E-state index is 13.0. The van der Waals surface area contributed by atoms with Crippen molar-refractivity contribution in [2.24, 2.45) is 0 Å². The number of aromatic carboxylic acids is 1. The highest BCUT2D eigenvalue weighted by molar-refractivity contribution is 6.33. The maximum absolute atomic E-state index is 13.0. The van der Waals surface area contributed by atoms with E-state index in [4.69, 9.17) is 16.7 Å². The lowest BCUT2D eigenvalue weighted by molar-refractivity contribution is 0.0696. The predicted molar refractivity (Wildman–Crippen MR) is 65.8 cm³/mol. The van der Waals surface area contributed by atoms with Gasteiger partial charge in [0.1, 0.15) is 17.5 Å². The maximum Gasteiger partial charge on any atom is 0.337 e. The molecule has 4 nitrogen and oxygen atoms in total. The Morgan fingerprint density at radius 1 is 1.21 bits per heavy atom. The van der Waals surface area contributed by atoms with Crippen molar-refractivity contribution in [2.45, 2.75) is 0 Å². The lowest BCUT2D eigenvalue weighted by atomic mass is 10.2. The van der Waals surface area contributed by atoms with E-state index in [1.807, 2.05) is 0 Å². The average Bonchev–Trinajstić information content (AvgIpc) is 2.30. The van der Waals surface area contributed by atoms with Gasteiger partial charge in [-0.25, -0.2) is 18.6 Å². The number of anilines is 2. The molecule has 0 amide bonds. The summed E-state index contributed by atoms with van der Waals surface area (Å²) >= 11 is 5.83. The van der Waals surface area contributed by atoms with E-state index in [1.165, 1.54) is 6.07 Å². The number of nitrogens with one attached hydrogen (secondary N) is 1. The molecule has 0 aliphatic rings. The summed E-state index contributed by atoms with van der Waals surface area (Å²) in [5.74, 6) is -2.56. The number of carboxylic acids is 1. The molecular formula is C12H7ClF2N2O2. The smallest absolute Gasteiger partial charge is 0.337 e. The number of halogens is 3. The number of pyridine rings is 1. The molecule has 0 aliphatic carbocycles. The van der Waals surface area contributed by atoms with Gasteiger partial charge in [-0.3, -0.25) is 0 Å². The summed E-state index contributed by atoms with van der Waals surface area (Å²) in [6, 6.07) is 4.04. The third kappa shape index (κ3) is 3.17. The fraction of sp³-hybridized carbons (Fsp3) is 0. The molecule has 0 fully saturated rings. The molecule has 0 spiro atoms. The van der Waals surface area contributed by atoms with Crippen LogP contribution in [0, 0.1) is 11.6 Å². The Kier molecular flexibility index (Phi) is 3.62. The van der Waals surface area contributed by atoms with Crippen LogP contribution in [0.25, 0.3) is 0 Å². The Balaban J connectivity index is 2.30. The molecule has 0 aliphatic heterocycles. The third-order valence-corrected chi connectivity index (χ3v) is 2.50. The first kappa shape index (κ1) is 13.2. The quantitative estimate of drug-likeness (QED) is 0.906. The monoisotopic (exact) mass is 284 g/mol. The van der Waals surface area contributed by atoms with Gasteiger partial charge in [-0.1, -0.05) is 11.6 Å². The van der Waals surface area contributed by atoms with Gasteiger partial charge in [-0.15, -0.1) is 0 Å². The number of aromatic nitrogens is 1. The van der Waals surface area contributed by atoms with Gasteiger partial charge in [0.25, 0.3) is 0 Å². The van der Waals surface area contributed by atoms with Crippen LogP contribution < -0.4 is 5.32 Å². The van der Waals surface area contributed by atoms with E-state index < -0.39 is 17.6 Å². The van der Waals surface area contributed by atoms with Crippen LogP contribution in [0.15, 0.2) is 30.5 Å². The van der Waals surface area contributed by atoms with Crippen molar-refractivity contribution < 1.29 is 18.7 Å². The van der Waals surface area contributed by atoms with Crippen LogP contribution >= 0.6 is 11.6 Å². The second-order valence-corrected chi connectivity index (χ2v) is 4.05. The summed E-state index contributed by atoms with van der Waals surface area (Å²) in [5, 5.41) is 11.4. The van der Waals surface area contributed by atoms with Crippen molar-refractivity contribution in [3.63, 3.8) is 0 Å². The van der Waals surface area contributed by atoms with Crippen LogP contribution in [0.1, 0.15) is 10.4 Å². The molecule has 19 heavy (non-hydrogen) atoms. The van der Waals surface area contributed by atoms with E-state index in [0.29, 0.717) is 0 Å². The van der Waals surface area contributed by atoms with Crippen LogP contribution in [-0.4, -0.2) is 16.1 Å². The van der Waals surface area contributed by atoms with Gasteiger partial charge in [0, 0.05) is 18.0 Å². The number of rotatable bonds is 3. The Morgan fingerprint density at radius 2 is 1.84 bits per heavy atom. The Hall–Kier alpha value is -2.21. The first-order chi connectivity index (χ1) is 8.95. The largest absolute Gasteiger partial charge is 0.478 e. The third-order valence-electron chi connectivity index (χ3n) is 2.21. The molecule has 2 rings (SSSR count). The number of hydrogen-bond acceptors (Lipinski definition) is 3. The highest BCUT2D eigenvalue weighted by Crippen LogP contribution is 2.24. The summed E-state index contributed by atoms with van der Waals surface area (Å²) in [6.45, 7) is 0. The molecule has 1 aromatic heterocycles. The fourth-order valence-electron chi connectivity index (χ4n) is 1.41. The number of carbonyl (C=O) groups is 1. The highest BCUT2D eigenvalue weighted by atomic mass is 35.5. The first-order valence-corrected chi connectivity index (χ1v) is 5.45. The number of hydrogen-bond donors (Lipinski definition) is 2. The van der Waals surface area contributed by atoms with Crippen molar-refractivity contribution in [3.05, 3.63) is 52.7 Å². The van der Waals surface area contributed by atoms with E-state index >= 15 is 0 Å². The number of benzene rings is 1. The van der Waals surface area contributed by atoms with Crippen molar-refractivity contribution in [1.29, 1.82) is 0 Å². The number of carboxylic acid groups (broad SMARTS) is 1. The summed E-state index contributed by atoms with van der Waals surface area (Å²) in [5.41, 5.74) is 0.0379. The molecule has 2 aromatic rings. The van der Waals surface area contributed by atoms with Crippen molar-refractivity contribution in [1.82, 2.24) is 4.98 Å². The van der Waals surface area contributed by atoms with Gasteiger partial charge in [0.15, 0.2) is 0 Å².